The summed E-state index contributed by atoms with van der Waals surface area (Å²) in [6, 6.07) is 3.77. The number of aromatic nitrogens is 1. The third-order valence-corrected chi connectivity index (χ3v) is 3.49. The molecule has 1 heterocycles. The lowest BCUT2D eigenvalue weighted by Gasteiger charge is -2.15. The molecule has 0 spiro atoms. The molecular formula is C16H16F3N3O3. The van der Waals surface area contributed by atoms with Gasteiger partial charge in [0, 0.05) is 18.2 Å². The quantitative estimate of drug-likeness (QED) is 0.491. The molecule has 0 fully saturated rings. The fourth-order valence-electron chi connectivity index (χ4n) is 2.46. The van der Waals surface area contributed by atoms with Crippen molar-refractivity contribution in [1.82, 2.24) is 10.6 Å². The van der Waals surface area contributed by atoms with Gasteiger partial charge in [0.15, 0.2) is 0 Å². The first-order chi connectivity index (χ1) is 11.8. The summed E-state index contributed by atoms with van der Waals surface area (Å²) in [5.41, 5.74) is 2.19. The fourth-order valence-corrected chi connectivity index (χ4v) is 2.46. The van der Waals surface area contributed by atoms with Crippen molar-refractivity contribution < 1.29 is 27.2 Å². The van der Waals surface area contributed by atoms with Crippen molar-refractivity contribution in [2.45, 2.75) is 20.0 Å². The van der Waals surface area contributed by atoms with E-state index in [-0.39, 0.29) is 23.4 Å². The number of carbonyl (C=O) groups excluding carboxylic acids is 1. The summed E-state index contributed by atoms with van der Waals surface area (Å²) in [6.07, 6.45) is -4.28. The van der Waals surface area contributed by atoms with Gasteiger partial charge in [-0.15, -0.1) is 0 Å². The molecule has 0 radical (unpaired) electrons. The van der Waals surface area contributed by atoms with E-state index >= 15 is 0 Å². The van der Waals surface area contributed by atoms with Crippen LogP contribution >= 0.6 is 0 Å². The molecule has 2 rings (SSSR count). The molecule has 0 unspecified atom stereocenters. The van der Waals surface area contributed by atoms with Crippen molar-refractivity contribution in [3.05, 3.63) is 40.8 Å². The number of hydrogen-bond acceptors (Lipinski definition) is 5. The Morgan fingerprint density at radius 3 is 2.64 bits per heavy atom. The SMILES string of the molecule is COC/C(=N\NC=O)c1ccc(-c2c(C)noc2C)c(C(F)(F)F)c1. The standard InChI is InChI=1S/C16H16F3N3O3/c1-9-15(10(2)25-22-9)12-5-4-11(6-13(12)16(17,18)19)14(7-24-3)21-20-8-23/h4-6,8H,7H2,1-3H3,(H,20,23)/b21-14+. The average molecular weight is 355 g/mol. The van der Waals surface area contributed by atoms with Gasteiger partial charge >= 0.3 is 6.18 Å². The Bertz CT molecular complexity index is 778. The van der Waals surface area contributed by atoms with Gasteiger partial charge in [-0.2, -0.15) is 18.3 Å². The molecule has 25 heavy (non-hydrogen) atoms. The number of halogens is 3. The summed E-state index contributed by atoms with van der Waals surface area (Å²) in [6.45, 7) is 3.06. The third-order valence-electron chi connectivity index (χ3n) is 3.49. The maximum absolute atomic E-state index is 13.6. The van der Waals surface area contributed by atoms with Crippen LogP contribution in [0.5, 0.6) is 0 Å². The highest BCUT2D eigenvalue weighted by Gasteiger charge is 2.35. The van der Waals surface area contributed by atoms with Crippen LogP contribution < -0.4 is 5.43 Å². The Labute approximate surface area is 141 Å². The number of benzene rings is 1. The molecule has 2 aromatic rings. The number of methoxy groups -OCH3 is 1. The summed E-state index contributed by atoms with van der Waals surface area (Å²) in [7, 11) is 1.37. The van der Waals surface area contributed by atoms with E-state index in [1.807, 2.05) is 0 Å². The van der Waals surface area contributed by atoms with Crippen LogP contribution in [0, 0.1) is 13.8 Å². The number of aryl methyl sites for hydroxylation is 2. The number of nitrogens with one attached hydrogen (secondary N) is 1. The zero-order chi connectivity index (χ0) is 18.6. The van der Waals surface area contributed by atoms with Gasteiger partial charge in [0.25, 0.3) is 0 Å². The van der Waals surface area contributed by atoms with Gasteiger partial charge in [0.1, 0.15) is 5.76 Å². The lowest BCUT2D eigenvalue weighted by molar-refractivity contribution is -0.137. The summed E-state index contributed by atoms with van der Waals surface area (Å²) in [5, 5.41) is 7.44. The van der Waals surface area contributed by atoms with Crippen molar-refractivity contribution >= 4 is 12.1 Å². The lowest BCUT2D eigenvalue weighted by Crippen LogP contribution is -2.16. The summed E-state index contributed by atoms with van der Waals surface area (Å²) < 4.78 is 50.7. The Morgan fingerprint density at radius 2 is 2.12 bits per heavy atom. The minimum absolute atomic E-state index is 0.0346. The van der Waals surface area contributed by atoms with Crippen LogP contribution in [0.1, 0.15) is 22.6 Å². The Kier molecular flexibility index (Phi) is 5.58. The first-order valence-electron chi connectivity index (χ1n) is 7.19. The predicted octanol–water partition coefficient (Wildman–Crippen LogP) is 3.07. The summed E-state index contributed by atoms with van der Waals surface area (Å²) in [4.78, 5) is 10.4. The zero-order valence-corrected chi connectivity index (χ0v) is 13.8. The number of carbonyl (C=O) groups is 1. The molecule has 134 valence electrons. The van der Waals surface area contributed by atoms with Gasteiger partial charge in [0.05, 0.1) is 23.6 Å². The molecule has 0 atom stereocenters. The number of hydrazone groups is 1. The molecule has 0 aliphatic heterocycles. The number of alkyl halides is 3. The van der Waals surface area contributed by atoms with Gasteiger partial charge < -0.3 is 9.26 Å². The van der Waals surface area contributed by atoms with E-state index < -0.39 is 11.7 Å². The van der Waals surface area contributed by atoms with Crippen molar-refractivity contribution in [3.8, 4) is 11.1 Å². The minimum Gasteiger partial charge on any atom is -0.378 e. The second-order valence-corrected chi connectivity index (χ2v) is 5.20. The molecule has 0 aliphatic carbocycles. The predicted molar refractivity (Wildman–Crippen MR) is 84.0 cm³/mol. The zero-order valence-electron chi connectivity index (χ0n) is 13.8. The van der Waals surface area contributed by atoms with Crippen molar-refractivity contribution in [1.29, 1.82) is 0 Å². The normalized spacial score (nSPS) is 12.3. The summed E-state index contributed by atoms with van der Waals surface area (Å²) in [5.74, 6) is 0.296. The van der Waals surface area contributed by atoms with Gasteiger partial charge in [-0.25, -0.2) is 5.43 Å². The maximum Gasteiger partial charge on any atom is 0.417 e. The molecule has 0 aliphatic rings. The average Bonchev–Trinajstić information content (AvgIpc) is 2.89. The van der Waals surface area contributed by atoms with Crippen molar-refractivity contribution in [2.24, 2.45) is 5.10 Å². The van der Waals surface area contributed by atoms with E-state index in [9.17, 15) is 18.0 Å². The molecule has 0 saturated carbocycles. The summed E-state index contributed by atoms with van der Waals surface area (Å²) >= 11 is 0. The first kappa shape index (κ1) is 18.7. The van der Waals surface area contributed by atoms with Crippen LogP contribution in [0.4, 0.5) is 13.2 Å². The van der Waals surface area contributed by atoms with Crippen LogP contribution in [-0.2, 0) is 15.7 Å². The van der Waals surface area contributed by atoms with Crippen LogP contribution in [0.25, 0.3) is 11.1 Å². The molecule has 0 saturated heterocycles. The topological polar surface area (TPSA) is 76.7 Å². The number of rotatable bonds is 6. The molecule has 1 amide bonds. The van der Waals surface area contributed by atoms with E-state index in [4.69, 9.17) is 9.26 Å². The van der Waals surface area contributed by atoms with Gasteiger partial charge in [-0.3, -0.25) is 4.79 Å². The number of hydrogen-bond donors (Lipinski definition) is 1. The second kappa shape index (κ2) is 7.47. The molecule has 1 aromatic carbocycles. The van der Waals surface area contributed by atoms with Crippen molar-refractivity contribution in [2.75, 3.05) is 13.7 Å². The van der Waals surface area contributed by atoms with E-state index in [1.165, 1.54) is 19.2 Å². The van der Waals surface area contributed by atoms with Gasteiger partial charge in [-0.05, 0) is 25.5 Å². The number of ether oxygens (including phenoxy) is 1. The molecule has 1 aromatic heterocycles. The van der Waals surface area contributed by atoms with E-state index in [2.05, 4.69) is 15.7 Å². The van der Waals surface area contributed by atoms with Gasteiger partial charge in [0.2, 0.25) is 6.41 Å². The Morgan fingerprint density at radius 1 is 1.40 bits per heavy atom. The van der Waals surface area contributed by atoms with E-state index in [1.54, 1.807) is 13.8 Å². The Hall–Kier alpha value is -2.68. The first-order valence-corrected chi connectivity index (χ1v) is 7.19. The third kappa shape index (κ3) is 4.05. The van der Waals surface area contributed by atoms with E-state index in [0.717, 1.165) is 6.07 Å². The van der Waals surface area contributed by atoms with Crippen molar-refractivity contribution in [3.63, 3.8) is 0 Å². The highest BCUT2D eigenvalue weighted by molar-refractivity contribution is 6.02. The minimum atomic E-state index is -4.60. The number of amides is 1. The molecule has 1 N–H and O–H groups in total. The largest absolute Gasteiger partial charge is 0.417 e. The lowest BCUT2D eigenvalue weighted by atomic mass is 9.94. The smallest absolute Gasteiger partial charge is 0.378 e. The van der Waals surface area contributed by atoms with E-state index in [0.29, 0.717) is 23.4 Å². The fraction of sp³-hybridized carbons (Fsp3) is 0.312. The molecule has 9 heteroatoms. The Balaban J connectivity index is 2.64. The van der Waals surface area contributed by atoms with Crippen LogP contribution in [-0.4, -0.2) is 31.0 Å². The van der Waals surface area contributed by atoms with Gasteiger partial charge in [-0.1, -0.05) is 17.3 Å². The molecule has 0 bridgehead atoms. The number of nitrogens with zero attached hydrogens (tertiary/aromatic N) is 2. The van der Waals surface area contributed by atoms with Crippen LogP contribution in [0.3, 0.4) is 0 Å². The highest BCUT2D eigenvalue weighted by atomic mass is 19.4. The maximum atomic E-state index is 13.6. The monoisotopic (exact) mass is 355 g/mol. The second-order valence-electron chi connectivity index (χ2n) is 5.20. The molecule has 6 nitrogen and oxygen atoms in total. The highest BCUT2D eigenvalue weighted by Crippen LogP contribution is 2.40. The van der Waals surface area contributed by atoms with Crippen LogP contribution in [0.2, 0.25) is 0 Å². The van der Waals surface area contributed by atoms with Crippen LogP contribution in [0.15, 0.2) is 27.8 Å². The molecular weight excluding hydrogens is 339 g/mol.